The van der Waals surface area contributed by atoms with Crippen molar-refractivity contribution in [2.24, 2.45) is 5.92 Å². The predicted molar refractivity (Wildman–Crippen MR) is 118 cm³/mol. The topological polar surface area (TPSA) is 72.9 Å². The van der Waals surface area contributed by atoms with E-state index in [2.05, 4.69) is 15.1 Å². The van der Waals surface area contributed by atoms with Gasteiger partial charge in [0.1, 0.15) is 5.82 Å². The molecule has 2 aliphatic heterocycles. The third kappa shape index (κ3) is 5.05. The molecule has 7 heteroatoms. The molecule has 2 saturated heterocycles. The van der Waals surface area contributed by atoms with Gasteiger partial charge < -0.3 is 20.2 Å². The van der Waals surface area contributed by atoms with Crippen molar-refractivity contribution in [3.63, 3.8) is 0 Å². The number of carboxylic acids is 1. The molecule has 0 unspecified atom stereocenters. The molecule has 6 nitrogen and oxygen atoms in total. The lowest BCUT2D eigenvalue weighted by molar-refractivity contribution is 0.0697. The molecule has 0 aromatic heterocycles. The highest BCUT2D eigenvalue weighted by atomic mass is 19.1. The Labute approximate surface area is 181 Å². The van der Waals surface area contributed by atoms with Crippen LogP contribution in [0.15, 0.2) is 42.5 Å². The van der Waals surface area contributed by atoms with Crippen LogP contribution in [0.4, 0.5) is 15.8 Å². The molecule has 2 heterocycles. The number of amides is 1. The van der Waals surface area contributed by atoms with Gasteiger partial charge in [0.05, 0.1) is 16.8 Å². The minimum absolute atomic E-state index is 0.0794. The predicted octanol–water partition coefficient (Wildman–Crippen LogP) is 4.09. The largest absolute Gasteiger partial charge is 0.478 e. The highest BCUT2D eigenvalue weighted by molar-refractivity contribution is 6.05. The number of likely N-dealkylation sites (tertiary alicyclic amines) is 1. The van der Waals surface area contributed by atoms with E-state index in [0.29, 0.717) is 17.3 Å². The second-order valence-electron chi connectivity index (χ2n) is 8.43. The number of halogens is 1. The number of hydrogen-bond acceptors (Lipinski definition) is 4. The van der Waals surface area contributed by atoms with Crippen LogP contribution in [0.25, 0.3) is 0 Å². The first-order valence-electron chi connectivity index (χ1n) is 10.9. The van der Waals surface area contributed by atoms with Crippen LogP contribution in [0.5, 0.6) is 0 Å². The Morgan fingerprint density at radius 3 is 2.55 bits per heavy atom. The Hall–Kier alpha value is -2.93. The number of rotatable bonds is 6. The lowest BCUT2D eigenvalue weighted by Gasteiger charge is -2.36. The van der Waals surface area contributed by atoms with Crippen LogP contribution >= 0.6 is 0 Å². The molecule has 2 aromatic rings. The van der Waals surface area contributed by atoms with E-state index in [4.69, 9.17) is 0 Å². The van der Waals surface area contributed by atoms with Crippen LogP contribution in [0.2, 0.25) is 0 Å². The summed E-state index contributed by atoms with van der Waals surface area (Å²) in [5.74, 6) is -1.74. The van der Waals surface area contributed by atoms with Gasteiger partial charge in [0.25, 0.3) is 5.91 Å². The number of carbonyl (C=O) groups excluding carboxylic acids is 1. The standard InChI is InChI=1S/C24H28FN3O3/c25-21-8-2-1-7-19(21)23(29)26-18-9-10-22(20(14-18)24(30)31)28-13-5-6-17(16-28)15-27-11-3-4-12-27/h1-2,7-10,14,17H,3-6,11-13,15-16H2,(H,26,29)(H,30,31)/t17-/m1/s1. The fraction of sp³-hybridized carbons (Fsp3) is 0.417. The van der Waals surface area contributed by atoms with Crippen LogP contribution in [0.1, 0.15) is 46.4 Å². The molecule has 2 fully saturated rings. The minimum Gasteiger partial charge on any atom is -0.478 e. The molecule has 0 saturated carbocycles. The molecular weight excluding hydrogens is 397 g/mol. The van der Waals surface area contributed by atoms with E-state index < -0.39 is 17.7 Å². The number of carbonyl (C=O) groups is 2. The van der Waals surface area contributed by atoms with Gasteiger partial charge in [-0.15, -0.1) is 0 Å². The number of aromatic carboxylic acids is 1. The van der Waals surface area contributed by atoms with Gasteiger partial charge in [0, 0.05) is 25.3 Å². The monoisotopic (exact) mass is 425 g/mol. The maximum atomic E-state index is 13.9. The molecule has 164 valence electrons. The molecule has 2 aromatic carbocycles. The van der Waals surface area contributed by atoms with E-state index in [9.17, 15) is 19.1 Å². The van der Waals surface area contributed by atoms with Crippen LogP contribution in [0.3, 0.4) is 0 Å². The van der Waals surface area contributed by atoms with Gasteiger partial charge in [-0.2, -0.15) is 0 Å². The van der Waals surface area contributed by atoms with Gasteiger partial charge in [-0.25, -0.2) is 9.18 Å². The van der Waals surface area contributed by atoms with E-state index in [-0.39, 0.29) is 11.1 Å². The summed E-state index contributed by atoms with van der Waals surface area (Å²) in [6.07, 6.45) is 4.72. The molecule has 4 rings (SSSR count). The maximum absolute atomic E-state index is 13.9. The molecule has 1 atom stereocenters. The van der Waals surface area contributed by atoms with Crippen molar-refractivity contribution >= 4 is 23.3 Å². The first-order chi connectivity index (χ1) is 15.0. The molecular formula is C24H28FN3O3. The number of anilines is 2. The Balaban J connectivity index is 1.50. The minimum atomic E-state index is -1.04. The van der Waals surface area contributed by atoms with Crippen molar-refractivity contribution < 1.29 is 19.1 Å². The fourth-order valence-electron chi connectivity index (χ4n) is 4.67. The molecule has 0 aliphatic carbocycles. The second-order valence-corrected chi connectivity index (χ2v) is 8.43. The van der Waals surface area contributed by atoms with Crippen molar-refractivity contribution in [1.29, 1.82) is 0 Å². The van der Waals surface area contributed by atoms with E-state index in [0.717, 1.165) is 45.6 Å². The van der Waals surface area contributed by atoms with E-state index >= 15 is 0 Å². The Morgan fingerprint density at radius 2 is 1.81 bits per heavy atom. The van der Waals surface area contributed by atoms with Gasteiger partial charge in [-0.1, -0.05) is 12.1 Å². The zero-order valence-electron chi connectivity index (χ0n) is 17.5. The molecule has 0 spiro atoms. The summed E-state index contributed by atoms with van der Waals surface area (Å²) < 4.78 is 13.9. The van der Waals surface area contributed by atoms with Crippen LogP contribution < -0.4 is 10.2 Å². The summed E-state index contributed by atoms with van der Waals surface area (Å²) in [4.78, 5) is 29.0. The maximum Gasteiger partial charge on any atom is 0.337 e. The number of benzene rings is 2. The zero-order chi connectivity index (χ0) is 21.8. The molecule has 2 aliphatic rings. The zero-order valence-corrected chi connectivity index (χ0v) is 17.5. The van der Waals surface area contributed by atoms with Crippen molar-refractivity contribution in [2.45, 2.75) is 25.7 Å². The number of nitrogens with one attached hydrogen (secondary N) is 1. The van der Waals surface area contributed by atoms with Gasteiger partial charge >= 0.3 is 5.97 Å². The van der Waals surface area contributed by atoms with Crippen molar-refractivity contribution in [2.75, 3.05) is 42.9 Å². The smallest absolute Gasteiger partial charge is 0.337 e. The van der Waals surface area contributed by atoms with Crippen molar-refractivity contribution in [3.05, 3.63) is 59.4 Å². The molecule has 31 heavy (non-hydrogen) atoms. The van der Waals surface area contributed by atoms with Gasteiger partial charge in [0.15, 0.2) is 0 Å². The van der Waals surface area contributed by atoms with Gasteiger partial charge in [-0.05, 0) is 75.0 Å². The first kappa shape index (κ1) is 21.3. The SMILES string of the molecule is O=C(Nc1ccc(N2CCC[C@H](CN3CCCC3)C2)c(C(=O)O)c1)c1ccccc1F. The fourth-order valence-corrected chi connectivity index (χ4v) is 4.67. The lowest BCUT2D eigenvalue weighted by Crippen LogP contribution is -2.41. The highest BCUT2D eigenvalue weighted by Gasteiger charge is 2.26. The summed E-state index contributed by atoms with van der Waals surface area (Å²) in [6.45, 7) is 5.03. The van der Waals surface area contributed by atoms with E-state index in [1.807, 2.05) is 0 Å². The van der Waals surface area contributed by atoms with Gasteiger partial charge in [-0.3, -0.25) is 4.79 Å². The third-order valence-corrected chi connectivity index (χ3v) is 6.18. The number of hydrogen-bond donors (Lipinski definition) is 2. The summed E-state index contributed by atoms with van der Waals surface area (Å²) in [5.41, 5.74) is 1.07. The Bertz CT molecular complexity index is 959. The van der Waals surface area contributed by atoms with Crippen molar-refractivity contribution in [1.82, 2.24) is 4.90 Å². The summed E-state index contributed by atoms with van der Waals surface area (Å²) in [7, 11) is 0. The molecule has 1 amide bonds. The summed E-state index contributed by atoms with van der Waals surface area (Å²) >= 11 is 0. The third-order valence-electron chi connectivity index (χ3n) is 6.18. The Kier molecular flexibility index (Phi) is 6.51. The quantitative estimate of drug-likeness (QED) is 0.729. The average molecular weight is 426 g/mol. The van der Waals surface area contributed by atoms with E-state index in [1.54, 1.807) is 18.2 Å². The average Bonchev–Trinajstić information content (AvgIpc) is 3.27. The second kappa shape index (κ2) is 9.47. The summed E-state index contributed by atoms with van der Waals surface area (Å²) in [6, 6.07) is 10.6. The van der Waals surface area contributed by atoms with Crippen LogP contribution in [-0.4, -0.2) is 54.6 Å². The number of carboxylic acid groups (broad SMARTS) is 1. The van der Waals surface area contributed by atoms with Crippen LogP contribution in [-0.2, 0) is 0 Å². The normalized spacial score (nSPS) is 19.4. The Morgan fingerprint density at radius 1 is 1.03 bits per heavy atom. The number of piperidine rings is 1. The number of nitrogens with zero attached hydrogens (tertiary/aromatic N) is 2. The lowest BCUT2D eigenvalue weighted by atomic mass is 9.96. The summed E-state index contributed by atoms with van der Waals surface area (Å²) in [5, 5.41) is 12.4. The van der Waals surface area contributed by atoms with E-state index in [1.165, 1.54) is 37.1 Å². The van der Waals surface area contributed by atoms with Crippen LogP contribution in [0, 0.1) is 11.7 Å². The molecule has 2 N–H and O–H groups in total. The molecule has 0 bridgehead atoms. The molecule has 0 radical (unpaired) electrons. The highest BCUT2D eigenvalue weighted by Crippen LogP contribution is 2.30. The van der Waals surface area contributed by atoms with Crippen molar-refractivity contribution in [3.8, 4) is 0 Å². The van der Waals surface area contributed by atoms with Gasteiger partial charge in [0.2, 0.25) is 0 Å². The first-order valence-corrected chi connectivity index (χ1v) is 10.9.